The lowest BCUT2D eigenvalue weighted by Gasteiger charge is -2.63. The van der Waals surface area contributed by atoms with Crippen LogP contribution in [-0.4, -0.2) is 126 Å². The first-order valence-electron chi connectivity index (χ1n) is 22.9. The molecule has 2 aromatic carbocycles. The minimum absolute atomic E-state index is 0.0102. The number of halogens is 2. The van der Waals surface area contributed by atoms with Gasteiger partial charge in [0.1, 0.15) is 12.8 Å². The van der Waals surface area contributed by atoms with E-state index in [1.165, 1.54) is 31.2 Å². The van der Waals surface area contributed by atoms with Gasteiger partial charge in [-0.05, 0) is 85.9 Å². The molecule has 0 spiro atoms. The summed E-state index contributed by atoms with van der Waals surface area (Å²) in [5.74, 6) is -4.10. The highest BCUT2D eigenvalue weighted by atomic mass is 19.1. The maximum Gasteiger partial charge on any atom is 0.253 e. The number of aliphatic hydroxyl groups excluding tert-OH is 2. The number of alkyl halides is 2. The number of aliphatic hydroxyl groups is 2. The molecule has 2 heterocycles. The minimum atomic E-state index is -2.34. The number of ether oxygens (including phenoxy) is 4. The van der Waals surface area contributed by atoms with E-state index in [0.29, 0.717) is 43.9 Å². The summed E-state index contributed by atoms with van der Waals surface area (Å²) in [4.78, 5) is 74.9. The third kappa shape index (κ3) is 8.85. The van der Waals surface area contributed by atoms with Crippen molar-refractivity contribution >= 4 is 40.9 Å². The SMILES string of the molecule is C[C@]12C=CC(=O)C=C1[C@@H](F)C[C@H]1[C@@H]3CC4O[C@@H](c5ccc(Cc6cccc(NC(=O)CCOCCOCCCNC(=O)CCN7C(=O)C=CC7=O)c6)cc5)O[C@@]4(C(=O)CO)[C@@]3(C)C[C@H](O)[C@@]12F. The molecule has 1 saturated heterocycles. The molecule has 2 aliphatic heterocycles. The van der Waals surface area contributed by atoms with Gasteiger partial charge in [0.05, 0.1) is 38.4 Å². The van der Waals surface area contributed by atoms with Crippen LogP contribution in [0.4, 0.5) is 14.5 Å². The molecular formula is C50H57F2N3O12. The molecule has 4 N–H and O–H groups in total. The van der Waals surface area contributed by atoms with Crippen LogP contribution in [0.1, 0.15) is 75.4 Å². The summed E-state index contributed by atoms with van der Waals surface area (Å²) in [5.41, 5.74) is -3.76. The first kappa shape index (κ1) is 48.2. The van der Waals surface area contributed by atoms with E-state index in [1.807, 2.05) is 42.5 Å². The molecule has 17 heteroatoms. The number of hydrogen-bond donors (Lipinski definition) is 4. The van der Waals surface area contributed by atoms with Crippen molar-refractivity contribution in [1.82, 2.24) is 10.2 Å². The van der Waals surface area contributed by atoms with E-state index < -0.39 is 88.6 Å². The van der Waals surface area contributed by atoms with Crippen LogP contribution in [0.15, 0.2) is 84.5 Å². The number of fused-ring (bicyclic) bond motifs is 7. The standard InChI is InChI=1S/C50H57F2N3O12/c1-47-16-13-34(57)25-37(47)38(51)26-36-35-27-41-50(40(59)29-56,48(35,2)28-39(58)49(36,47)52)67-46(66-41)32-9-7-30(8-10-32)23-31-5-3-6-33(24-31)54-43(61)15-20-65-22-21-64-19-4-17-53-42(60)14-18-55-44(62)11-12-45(55)63/h3,5-13,16,24-25,35-36,38-39,41,46,56,58H,4,14-15,17-23,26-29H2,1-2H3,(H,53,60)(H,54,61)/t35-,36-,38-,39-,41?,46+,47-,48-,49-,50+/m0/s1. The quantitative estimate of drug-likeness (QED) is 0.116. The summed E-state index contributed by atoms with van der Waals surface area (Å²) in [6.45, 7) is 4.00. The molecule has 10 atom stereocenters. The Bertz CT molecular complexity index is 2360. The van der Waals surface area contributed by atoms with Crippen molar-refractivity contribution in [3.05, 3.63) is 101 Å². The minimum Gasteiger partial charge on any atom is -0.390 e. The van der Waals surface area contributed by atoms with Crippen LogP contribution in [0, 0.1) is 22.7 Å². The van der Waals surface area contributed by atoms with Crippen molar-refractivity contribution < 1.29 is 66.7 Å². The first-order chi connectivity index (χ1) is 32.0. The molecule has 2 aromatic rings. The second kappa shape index (κ2) is 19.4. The van der Waals surface area contributed by atoms with Gasteiger partial charge in [-0.15, -0.1) is 0 Å². The van der Waals surface area contributed by atoms with Gasteiger partial charge in [0.25, 0.3) is 11.8 Å². The van der Waals surface area contributed by atoms with E-state index >= 15 is 8.78 Å². The number of allylic oxidation sites excluding steroid dienone is 4. The zero-order chi connectivity index (χ0) is 47.7. The Labute approximate surface area is 386 Å². The van der Waals surface area contributed by atoms with Gasteiger partial charge in [-0.2, -0.15) is 0 Å². The smallest absolute Gasteiger partial charge is 0.253 e. The lowest BCUT2D eigenvalue weighted by molar-refractivity contribution is -0.235. The van der Waals surface area contributed by atoms with Crippen LogP contribution < -0.4 is 10.6 Å². The number of carbonyl (C=O) groups is 6. The van der Waals surface area contributed by atoms with E-state index in [2.05, 4.69) is 10.6 Å². The van der Waals surface area contributed by atoms with E-state index in [0.717, 1.165) is 22.1 Å². The molecule has 3 saturated carbocycles. The van der Waals surface area contributed by atoms with Crippen LogP contribution in [0.5, 0.6) is 0 Å². The molecule has 0 bridgehead atoms. The number of hydrogen-bond acceptors (Lipinski definition) is 12. The lowest BCUT2D eigenvalue weighted by atomic mass is 9.44. The number of amides is 4. The van der Waals surface area contributed by atoms with Crippen LogP contribution in [0.2, 0.25) is 0 Å². The van der Waals surface area contributed by atoms with Crippen molar-refractivity contribution in [2.24, 2.45) is 22.7 Å². The van der Waals surface area contributed by atoms with Gasteiger partial charge in [0, 0.05) is 66.3 Å². The Morgan fingerprint density at radius 2 is 1.63 bits per heavy atom. The van der Waals surface area contributed by atoms with Gasteiger partial charge in [-0.3, -0.25) is 33.7 Å². The van der Waals surface area contributed by atoms with E-state index in [4.69, 9.17) is 18.9 Å². The van der Waals surface area contributed by atoms with Gasteiger partial charge in [0.2, 0.25) is 11.8 Å². The molecular weight excluding hydrogens is 873 g/mol. The normalized spacial score (nSPS) is 32.7. The van der Waals surface area contributed by atoms with Crippen molar-refractivity contribution in [3.63, 3.8) is 0 Å². The fourth-order valence-electron chi connectivity index (χ4n) is 11.6. The Morgan fingerprint density at radius 1 is 0.896 bits per heavy atom. The Hall–Kier alpha value is -5.30. The van der Waals surface area contributed by atoms with E-state index in [-0.39, 0.29) is 69.3 Å². The molecule has 4 aliphatic carbocycles. The van der Waals surface area contributed by atoms with Crippen LogP contribution >= 0.6 is 0 Å². The van der Waals surface area contributed by atoms with Crippen molar-refractivity contribution in [3.8, 4) is 0 Å². The molecule has 4 fully saturated rings. The topological polar surface area (TPSA) is 207 Å². The number of rotatable bonds is 19. The molecule has 8 rings (SSSR count). The maximum atomic E-state index is 17.7. The van der Waals surface area contributed by atoms with Crippen molar-refractivity contribution in [2.75, 3.05) is 51.4 Å². The fraction of sp³-hybridized carbons (Fsp3) is 0.520. The Kier molecular flexibility index (Phi) is 13.9. The summed E-state index contributed by atoms with van der Waals surface area (Å²) < 4.78 is 57.9. The number of benzene rings is 2. The number of nitrogens with zero attached hydrogens (tertiary/aromatic N) is 1. The van der Waals surface area contributed by atoms with Crippen LogP contribution in [0.25, 0.3) is 0 Å². The Balaban J connectivity index is 0.787. The number of carbonyl (C=O) groups excluding carboxylic acids is 6. The molecule has 0 aromatic heterocycles. The van der Waals surface area contributed by atoms with Crippen molar-refractivity contribution in [2.45, 2.75) is 94.7 Å². The number of imide groups is 1. The number of nitrogens with one attached hydrogen (secondary N) is 2. The molecule has 67 heavy (non-hydrogen) atoms. The summed E-state index contributed by atoms with van der Waals surface area (Å²) in [5, 5.41) is 27.7. The lowest BCUT2D eigenvalue weighted by Crippen LogP contribution is -2.70. The van der Waals surface area contributed by atoms with Crippen LogP contribution in [-0.2, 0) is 54.1 Å². The van der Waals surface area contributed by atoms with Gasteiger partial charge in [-0.1, -0.05) is 49.4 Å². The Morgan fingerprint density at radius 3 is 2.36 bits per heavy atom. The molecule has 4 amide bonds. The zero-order valence-electron chi connectivity index (χ0n) is 37.5. The largest absolute Gasteiger partial charge is 0.390 e. The predicted octanol–water partition coefficient (Wildman–Crippen LogP) is 4.10. The van der Waals surface area contributed by atoms with Gasteiger partial charge >= 0.3 is 0 Å². The van der Waals surface area contributed by atoms with E-state index in [1.54, 1.807) is 13.0 Å². The summed E-state index contributed by atoms with van der Waals surface area (Å²) >= 11 is 0. The number of anilines is 1. The summed E-state index contributed by atoms with van der Waals surface area (Å²) in [6.07, 6.45) is 1.78. The average Bonchev–Trinajstić information content (AvgIpc) is 3.93. The first-order valence-corrected chi connectivity index (χ1v) is 22.9. The molecule has 0 radical (unpaired) electrons. The van der Waals surface area contributed by atoms with Gasteiger partial charge < -0.3 is 39.8 Å². The van der Waals surface area contributed by atoms with Crippen molar-refractivity contribution in [1.29, 1.82) is 0 Å². The van der Waals surface area contributed by atoms with Gasteiger partial charge in [0.15, 0.2) is 29.1 Å². The third-order valence-corrected chi connectivity index (χ3v) is 14.9. The predicted molar refractivity (Wildman–Crippen MR) is 236 cm³/mol. The van der Waals surface area contributed by atoms with Crippen LogP contribution in [0.3, 0.4) is 0 Å². The number of ketones is 2. The second-order valence-corrected chi connectivity index (χ2v) is 18.7. The highest BCUT2D eigenvalue weighted by molar-refractivity contribution is 6.13. The maximum absolute atomic E-state index is 17.7. The average molecular weight is 930 g/mol. The molecule has 358 valence electrons. The highest BCUT2D eigenvalue weighted by Crippen LogP contribution is 2.72. The monoisotopic (exact) mass is 929 g/mol. The fourth-order valence-corrected chi connectivity index (χ4v) is 11.6. The number of Topliss-reactive ketones (excluding diaryl/α,β-unsaturated/α-hetero) is 1. The molecule has 1 unspecified atom stereocenters. The third-order valence-electron chi connectivity index (χ3n) is 14.9. The highest BCUT2D eigenvalue weighted by Gasteiger charge is 2.80. The zero-order valence-corrected chi connectivity index (χ0v) is 37.5. The second-order valence-electron chi connectivity index (χ2n) is 18.7. The van der Waals surface area contributed by atoms with Gasteiger partial charge in [-0.25, -0.2) is 8.78 Å². The molecule has 6 aliphatic rings. The summed E-state index contributed by atoms with van der Waals surface area (Å²) in [7, 11) is 0. The molecule has 15 nitrogen and oxygen atoms in total. The summed E-state index contributed by atoms with van der Waals surface area (Å²) in [6, 6.07) is 14.9. The van der Waals surface area contributed by atoms with E-state index in [9.17, 15) is 39.0 Å².